The third-order valence-electron chi connectivity index (χ3n) is 8.54. The van der Waals surface area contributed by atoms with Gasteiger partial charge in [0, 0.05) is 24.6 Å². The van der Waals surface area contributed by atoms with Crippen molar-refractivity contribution in [2.75, 3.05) is 13.2 Å². The molecule has 11 nitrogen and oxygen atoms in total. The molecular formula is C48H50N2O9. The van der Waals surface area contributed by atoms with Crippen molar-refractivity contribution in [1.29, 1.82) is 0 Å². The van der Waals surface area contributed by atoms with E-state index < -0.39 is 17.9 Å². The van der Waals surface area contributed by atoms with Gasteiger partial charge in [-0.15, -0.1) is 0 Å². The lowest BCUT2D eigenvalue weighted by atomic mass is 10.1. The molecule has 0 fully saturated rings. The van der Waals surface area contributed by atoms with Crippen LogP contribution in [-0.4, -0.2) is 48.5 Å². The first-order valence-corrected chi connectivity index (χ1v) is 19.7. The van der Waals surface area contributed by atoms with Crippen LogP contribution in [0, 0.1) is 0 Å². The number of ether oxygens (including phenoxy) is 5. The SMILES string of the molecule is C=CC(=O)OCCCCOc1ccc(C=CC(=O)Oc2ccc(C(CC)=NN=C(CC)c3ccc(OC(=O)C=Cc4ccc(OC(=O)CCCC)cc4)cc3)cc2)cc1. The molecule has 0 aliphatic carbocycles. The van der Waals surface area contributed by atoms with Crippen LogP contribution in [0.3, 0.4) is 0 Å². The molecule has 0 unspecified atom stereocenters. The van der Waals surface area contributed by atoms with E-state index in [1.165, 1.54) is 12.2 Å². The smallest absolute Gasteiger partial charge is 0.336 e. The third kappa shape index (κ3) is 16.3. The predicted octanol–water partition coefficient (Wildman–Crippen LogP) is 9.92. The Morgan fingerprint density at radius 2 is 0.983 bits per heavy atom. The number of esters is 4. The van der Waals surface area contributed by atoms with Crippen LogP contribution in [0.5, 0.6) is 23.0 Å². The van der Waals surface area contributed by atoms with Crippen LogP contribution in [-0.2, 0) is 23.9 Å². The molecule has 0 aliphatic heterocycles. The molecule has 0 radical (unpaired) electrons. The van der Waals surface area contributed by atoms with E-state index in [9.17, 15) is 19.2 Å². The summed E-state index contributed by atoms with van der Waals surface area (Å²) < 4.78 is 26.9. The van der Waals surface area contributed by atoms with Crippen LogP contribution in [0.2, 0.25) is 0 Å². The van der Waals surface area contributed by atoms with Crippen molar-refractivity contribution in [1.82, 2.24) is 0 Å². The summed E-state index contributed by atoms with van der Waals surface area (Å²) in [6, 6.07) is 28.4. The second-order valence-electron chi connectivity index (χ2n) is 13.0. The van der Waals surface area contributed by atoms with Gasteiger partial charge in [-0.25, -0.2) is 14.4 Å². The fourth-order valence-corrected chi connectivity index (χ4v) is 5.30. The topological polar surface area (TPSA) is 139 Å². The van der Waals surface area contributed by atoms with Gasteiger partial charge in [-0.3, -0.25) is 4.79 Å². The third-order valence-corrected chi connectivity index (χ3v) is 8.54. The summed E-state index contributed by atoms with van der Waals surface area (Å²) in [6.07, 6.45) is 11.9. The summed E-state index contributed by atoms with van der Waals surface area (Å²) in [6.45, 7) is 10.2. The number of carbonyl (C=O) groups is 4. The van der Waals surface area contributed by atoms with Gasteiger partial charge in [0.15, 0.2) is 0 Å². The summed E-state index contributed by atoms with van der Waals surface area (Å²) in [7, 11) is 0. The van der Waals surface area contributed by atoms with Crippen molar-refractivity contribution < 1.29 is 42.9 Å². The quantitative estimate of drug-likeness (QED) is 0.0190. The summed E-state index contributed by atoms with van der Waals surface area (Å²) in [4.78, 5) is 47.9. The molecule has 0 aromatic heterocycles. The first-order valence-electron chi connectivity index (χ1n) is 19.7. The zero-order valence-corrected chi connectivity index (χ0v) is 33.8. The monoisotopic (exact) mass is 798 g/mol. The maximum atomic E-state index is 12.5. The second-order valence-corrected chi connectivity index (χ2v) is 13.0. The highest BCUT2D eigenvalue weighted by Crippen LogP contribution is 2.19. The Hall–Kier alpha value is -6.88. The Balaban J connectivity index is 1.25. The normalized spacial score (nSPS) is 11.6. The van der Waals surface area contributed by atoms with Gasteiger partial charge in [-0.2, -0.15) is 10.2 Å². The first kappa shape index (κ1) is 44.8. The van der Waals surface area contributed by atoms with Crippen LogP contribution in [0.4, 0.5) is 0 Å². The Labute approximate surface area is 345 Å². The molecule has 59 heavy (non-hydrogen) atoms. The molecule has 0 aliphatic rings. The van der Waals surface area contributed by atoms with Gasteiger partial charge in [0.1, 0.15) is 23.0 Å². The lowest BCUT2D eigenvalue weighted by molar-refractivity contribution is -0.138. The summed E-state index contributed by atoms with van der Waals surface area (Å²) in [5.74, 6) is 0.196. The van der Waals surface area contributed by atoms with E-state index >= 15 is 0 Å². The molecular weight excluding hydrogens is 749 g/mol. The Morgan fingerprint density at radius 3 is 1.44 bits per heavy atom. The minimum absolute atomic E-state index is 0.264. The summed E-state index contributed by atoms with van der Waals surface area (Å²) in [5.41, 5.74) is 4.77. The lowest BCUT2D eigenvalue weighted by Gasteiger charge is -2.07. The van der Waals surface area contributed by atoms with Crippen LogP contribution in [0.1, 0.15) is 88.0 Å². The zero-order chi connectivity index (χ0) is 42.2. The van der Waals surface area contributed by atoms with Gasteiger partial charge in [0.2, 0.25) is 0 Å². The van der Waals surface area contributed by atoms with Gasteiger partial charge >= 0.3 is 23.9 Å². The zero-order valence-electron chi connectivity index (χ0n) is 33.8. The first-order chi connectivity index (χ1) is 28.7. The predicted molar refractivity (Wildman–Crippen MR) is 230 cm³/mol. The molecule has 11 heteroatoms. The van der Waals surface area contributed by atoms with Crippen molar-refractivity contribution in [2.24, 2.45) is 10.2 Å². The van der Waals surface area contributed by atoms with Gasteiger partial charge in [0.05, 0.1) is 24.6 Å². The fourth-order valence-electron chi connectivity index (χ4n) is 5.30. The van der Waals surface area contributed by atoms with Crippen molar-refractivity contribution in [3.8, 4) is 23.0 Å². The van der Waals surface area contributed by atoms with Crippen molar-refractivity contribution in [3.63, 3.8) is 0 Å². The minimum Gasteiger partial charge on any atom is -0.494 e. The average Bonchev–Trinajstić information content (AvgIpc) is 3.26. The minimum atomic E-state index is -0.531. The number of nitrogens with zero attached hydrogens (tertiary/aromatic N) is 2. The second kappa shape index (κ2) is 24.7. The molecule has 4 rings (SSSR count). The molecule has 306 valence electrons. The van der Waals surface area contributed by atoms with Crippen LogP contribution < -0.4 is 18.9 Å². The number of rotatable bonds is 22. The van der Waals surface area contributed by atoms with E-state index in [4.69, 9.17) is 23.7 Å². The van der Waals surface area contributed by atoms with E-state index in [-0.39, 0.29) is 5.97 Å². The van der Waals surface area contributed by atoms with Crippen molar-refractivity contribution >= 4 is 47.5 Å². The number of hydrogen-bond acceptors (Lipinski definition) is 11. The van der Waals surface area contributed by atoms with Gasteiger partial charge in [-0.1, -0.05) is 58.0 Å². The van der Waals surface area contributed by atoms with E-state index in [1.807, 2.05) is 69.3 Å². The van der Waals surface area contributed by atoms with Crippen molar-refractivity contribution in [2.45, 2.75) is 65.7 Å². The Morgan fingerprint density at radius 1 is 0.542 bits per heavy atom. The number of unbranched alkanes of at least 4 members (excludes halogenated alkanes) is 2. The van der Waals surface area contributed by atoms with E-state index in [0.717, 1.165) is 59.0 Å². The highest BCUT2D eigenvalue weighted by molar-refractivity contribution is 6.03. The van der Waals surface area contributed by atoms with Crippen molar-refractivity contribution in [3.05, 3.63) is 144 Å². The number of hydrogen-bond donors (Lipinski definition) is 0. The molecule has 0 saturated heterocycles. The average molecular weight is 799 g/mol. The molecule has 0 saturated carbocycles. The van der Waals surface area contributed by atoms with Gasteiger partial charge < -0.3 is 23.7 Å². The highest BCUT2D eigenvalue weighted by Gasteiger charge is 2.09. The standard InChI is InChI=1S/C48H50N2O9/c1-5-9-12-46(52)57-40-25-15-36(16-26-40)18-32-48(54)59-42-29-21-38(22-30-42)44(7-3)50-49-43(6-2)37-19-27-41(28-20-37)58-47(53)31-17-35-13-23-39(24-14-35)55-33-10-11-34-56-45(51)8-4/h8,13-32H,4-7,9-12,33-34H2,1-3H3. The summed E-state index contributed by atoms with van der Waals surface area (Å²) >= 11 is 0. The molecule has 0 heterocycles. The summed E-state index contributed by atoms with van der Waals surface area (Å²) in [5, 5.41) is 9.10. The highest BCUT2D eigenvalue weighted by atomic mass is 16.5. The van der Waals surface area contributed by atoms with Crippen LogP contribution in [0.25, 0.3) is 12.2 Å². The van der Waals surface area contributed by atoms with Crippen LogP contribution >= 0.6 is 0 Å². The largest absolute Gasteiger partial charge is 0.494 e. The molecule has 0 atom stereocenters. The van der Waals surface area contributed by atoms with Gasteiger partial charge in [-0.05, 0) is 139 Å². The molecule has 0 amide bonds. The van der Waals surface area contributed by atoms with E-state index in [2.05, 4.69) is 16.8 Å². The number of carbonyl (C=O) groups excluding carboxylic acids is 4. The maximum absolute atomic E-state index is 12.5. The maximum Gasteiger partial charge on any atom is 0.336 e. The molecule has 4 aromatic rings. The molecule has 0 spiro atoms. The molecule has 0 bridgehead atoms. The van der Waals surface area contributed by atoms with Gasteiger partial charge in [0.25, 0.3) is 0 Å². The molecule has 0 N–H and O–H groups in total. The Kier molecular flexibility index (Phi) is 18.8. The fraction of sp³-hybridized carbons (Fsp3) is 0.250. The van der Waals surface area contributed by atoms with E-state index in [0.29, 0.717) is 61.9 Å². The lowest BCUT2D eigenvalue weighted by Crippen LogP contribution is -2.07. The van der Waals surface area contributed by atoms with E-state index in [1.54, 1.807) is 60.7 Å². The Bertz CT molecular complexity index is 2120. The van der Waals surface area contributed by atoms with Crippen LogP contribution in [0.15, 0.2) is 132 Å². The number of benzene rings is 4. The molecule has 4 aromatic carbocycles.